The van der Waals surface area contributed by atoms with Gasteiger partial charge in [-0.15, -0.1) is 0 Å². The minimum atomic E-state index is -0.841. The smallest absolute Gasteiger partial charge is 0.258 e. The normalized spacial score (nSPS) is 14.0. The molecule has 0 saturated carbocycles. The summed E-state index contributed by atoms with van der Waals surface area (Å²) in [7, 11) is 0. The molecule has 2 heterocycles. The van der Waals surface area contributed by atoms with Crippen molar-refractivity contribution in [3.8, 4) is 0 Å². The van der Waals surface area contributed by atoms with Crippen molar-refractivity contribution in [2.75, 3.05) is 41.3 Å². The quantitative estimate of drug-likeness (QED) is 0.734. The van der Waals surface area contributed by atoms with Crippen molar-refractivity contribution in [3.05, 3.63) is 78.1 Å². The highest BCUT2D eigenvalue weighted by Gasteiger charge is 2.20. The van der Waals surface area contributed by atoms with E-state index in [1.54, 1.807) is 0 Å². The minimum Gasteiger partial charge on any atom is -0.368 e. The number of aromatic nitrogens is 2. The Balaban J connectivity index is 1.39. The maximum absolute atomic E-state index is 13.7. The van der Waals surface area contributed by atoms with Crippen molar-refractivity contribution in [2.45, 2.75) is 0 Å². The molecule has 1 fully saturated rings. The van der Waals surface area contributed by atoms with Crippen molar-refractivity contribution in [3.63, 3.8) is 0 Å². The molecular weight excluding hydrogens is 376 g/mol. The van der Waals surface area contributed by atoms with Crippen LogP contribution in [0.4, 0.5) is 26.1 Å². The van der Waals surface area contributed by atoms with Crippen LogP contribution in [0.3, 0.4) is 0 Å². The molecule has 0 unspecified atom stereocenters. The molecular formula is C21H19F2N5O. The second-order valence-corrected chi connectivity index (χ2v) is 6.63. The molecule has 29 heavy (non-hydrogen) atoms. The second kappa shape index (κ2) is 8.22. The van der Waals surface area contributed by atoms with Gasteiger partial charge in [0.25, 0.3) is 5.91 Å². The Morgan fingerprint density at radius 2 is 1.41 bits per heavy atom. The number of anilines is 3. The van der Waals surface area contributed by atoms with Crippen molar-refractivity contribution < 1.29 is 13.6 Å². The minimum absolute atomic E-state index is 0.124. The van der Waals surface area contributed by atoms with Gasteiger partial charge in [-0.25, -0.2) is 18.7 Å². The number of piperazine rings is 1. The van der Waals surface area contributed by atoms with Crippen molar-refractivity contribution >= 4 is 23.2 Å². The van der Waals surface area contributed by atoms with Crippen molar-refractivity contribution in [2.24, 2.45) is 0 Å². The van der Waals surface area contributed by atoms with Crippen LogP contribution in [0.15, 0.2) is 60.9 Å². The van der Waals surface area contributed by atoms with Gasteiger partial charge in [0, 0.05) is 44.3 Å². The van der Waals surface area contributed by atoms with E-state index in [1.807, 2.05) is 23.1 Å². The summed E-state index contributed by atoms with van der Waals surface area (Å²) < 4.78 is 27.4. The number of hydrogen-bond acceptors (Lipinski definition) is 5. The van der Waals surface area contributed by atoms with Gasteiger partial charge in [0.15, 0.2) is 0 Å². The number of para-hydroxylation sites is 2. The number of carbonyl (C=O) groups is 1. The first-order chi connectivity index (χ1) is 14.1. The van der Waals surface area contributed by atoms with Crippen LogP contribution in [0.5, 0.6) is 0 Å². The van der Waals surface area contributed by atoms with Gasteiger partial charge in [0.2, 0.25) is 5.95 Å². The Labute approximate surface area is 166 Å². The van der Waals surface area contributed by atoms with Crippen LogP contribution in [0.2, 0.25) is 0 Å². The molecule has 8 heteroatoms. The predicted octanol–water partition coefficient (Wildman–Crippen LogP) is 3.33. The zero-order valence-electron chi connectivity index (χ0n) is 15.6. The number of hydrogen-bond donors (Lipinski definition) is 1. The molecule has 1 aliphatic heterocycles. The third kappa shape index (κ3) is 4.16. The number of benzene rings is 2. The van der Waals surface area contributed by atoms with E-state index in [2.05, 4.69) is 32.3 Å². The van der Waals surface area contributed by atoms with Gasteiger partial charge in [-0.3, -0.25) is 4.79 Å². The molecule has 0 spiro atoms. The molecule has 4 rings (SSSR count). The zero-order valence-corrected chi connectivity index (χ0v) is 15.6. The number of carbonyl (C=O) groups excluding carboxylic acids is 1. The molecule has 1 aliphatic rings. The van der Waals surface area contributed by atoms with Crippen molar-refractivity contribution in [1.82, 2.24) is 9.97 Å². The fourth-order valence-corrected chi connectivity index (χ4v) is 3.21. The van der Waals surface area contributed by atoms with Crippen LogP contribution in [-0.4, -0.2) is 42.1 Å². The van der Waals surface area contributed by atoms with Gasteiger partial charge >= 0.3 is 0 Å². The number of nitrogens with zero attached hydrogens (tertiary/aromatic N) is 4. The van der Waals surface area contributed by atoms with Gasteiger partial charge in [0.05, 0.1) is 5.56 Å². The third-order valence-corrected chi connectivity index (χ3v) is 4.79. The van der Waals surface area contributed by atoms with Crippen LogP contribution in [-0.2, 0) is 0 Å². The summed E-state index contributed by atoms with van der Waals surface area (Å²) >= 11 is 0. The predicted molar refractivity (Wildman–Crippen MR) is 107 cm³/mol. The maximum Gasteiger partial charge on any atom is 0.258 e. The lowest BCUT2D eigenvalue weighted by Crippen LogP contribution is -2.47. The lowest BCUT2D eigenvalue weighted by molar-refractivity contribution is 0.102. The van der Waals surface area contributed by atoms with Gasteiger partial charge < -0.3 is 15.1 Å². The molecule has 6 nitrogen and oxygen atoms in total. The average Bonchev–Trinajstić information content (AvgIpc) is 2.77. The number of halogens is 2. The Hall–Kier alpha value is -3.55. The molecule has 0 aliphatic carbocycles. The molecule has 1 amide bonds. The standard InChI is InChI=1S/C21H19F2N5O/c22-17-7-4-8-18(23)19(17)26-20(29)15-13-24-21(25-14-15)28-11-9-27(10-12-28)16-5-2-1-3-6-16/h1-8,13-14H,9-12H2,(H,26,29). The van der Waals surface area contributed by atoms with Crippen LogP contribution in [0.25, 0.3) is 0 Å². The maximum atomic E-state index is 13.7. The van der Waals surface area contributed by atoms with Crippen LogP contribution < -0.4 is 15.1 Å². The summed E-state index contributed by atoms with van der Waals surface area (Å²) in [6, 6.07) is 13.6. The molecule has 0 bridgehead atoms. The fourth-order valence-electron chi connectivity index (χ4n) is 3.21. The van der Waals surface area contributed by atoms with Gasteiger partial charge in [-0.2, -0.15) is 0 Å². The number of rotatable bonds is 4. The van der Waals surface area contributed by atoms with Gasteiger partial charge in [0.1, 0.15) is 17.3 Å². The van der Waals surface area contributed by atoms with E-state index in [1.165, 1.54) is 24.1 Å². The average molecular weight is 395 g/mol. The molecule has 3 aromatic rings. The van der Waals surface area contributed by atoms with E-state index in [4.69, 9.17) is 0 Å². The fraction of sp³-hybridized carbons (Fsp3) is 0.190. The Kier molecular flexibility index (Phi) is 5.33. The molecule has 0 radical (unpaired) electrons. The Bertz CT molecular complexity index is 969. The summed E-state index contributed by atoms with van der Waals surface area (Å²) in [4.78, 5) is 25.1. The summed E-state index contributed by atoms with van der Waals surface area (Å²) in [5.41, 5.74) is 0.818. The molecule has 1 saturated heterocycles. The molecule has 0 atom stereocenters. The summed E-state index contributed by atoms with van der Waals surface area (Å²) in [5.74, 6) is -1.83. The van der Waals surface area contributed by atoms with Gasteiger partial charge in [-0.05, 0) is 24.3 Å². The SMILES string of the molecule is O=C(Nc1c(F)cccc1F)c1cnc(N2CCN(c3ccccc3)CC2)nc1. The molecule has 2 aromatic carbocycles. The van der Waals surface area contributed by atoms with Crippen LogP contribution in [0, 0.1) is 11.6 Å². The second-order valence-electron chi connectivity index (χ2n) is 6.63. The number of nitrogens with one attached hydrogen (secondary N) is 1. The lowest BCUT2D eigenvalue weighted by Gasteiger charge is -2.36. The monoisotopic (exact) mass is 395 g/mol. The number of amides is 1. The highest BCUT2D eigenvalue weighted by atomic mass is 19.1. The van der Waals surface area contributed by atoms with E-state index < -0.39 is 23.2 Å². The lowest BCUT2D eigenvalue weighted by atomic mass is 10.2. The van der Waals surface area contributed by atoms with Crippen LogP contribution in [0.1, 0.15) is 10.4 Å². The zero-order chi connectivity index (χ0) is 20.2. The highest BCUT2D eigenvalue weighted by molar-refractivity contribution is 6.04. The van der Waals surface area contributed by atoms with Crippen molar-refractivity contribution in [1.29, 1.82) is 0 Å². The Morgan fingerprint density at radius 1 is 0.828 bits per heavy atom. The summed E-state index contributed by atoms with van der Waals surface area (Å²) in [6.07, 6.45) is 2.72. The third-order valence-electron chi connectivity index (χ3n) is 4.79. The molecule has 148 valence electrons. The largest absolute Gasteiger partial charge is 0.368 e. The van der Waals surface area contributed by atoms with Gasteiger partial charge in [-0.1, -0.05) is 24.3 Å². The van der Waals surface area contributed by atoms with E-state index >= 15 is 0 Å². The first-order valence-corrected chi connectivity index (χ1v) is 9.24. The first kappa shape index (κ1) is 18.8. The summed E-state index contributed by atoms with van der Waals surface area (Å²) in [5, 5.41) is 2.23. The van der Waals surface area contributed by atoms with E-state index in [0.717, 1.165) is 38.3 Å². The van der Waals surface area contributed by atoms with E-state index in [0.29, 0.717) is 5.95 Å². The molecule has 1 aromatic heterocycles. The Morgan fingerprint density at radius 3 is 2.03 bits per heavy atom. The van der Waals surface area contributed by atoms with Crippen LogP contribution >= 0.6 is 0 Å². The molecule has 1 N–H and O–H groups in total. The summed E-state index contributed by atoms with van der Waals surface area (Å²) in [6.45, 7) is 3.17. The first-order valence-electron chi connectivity index (χ1n) is 9.24. The highest BCUT2D eigenvalue weighted by Crippen LogP contribution is 2.20. The van der Waals surface area contributed by atoms with E-state index in [9.17, 15) is 13.6 Å². The topological polar surface area (TPSA) is 61.4 Å². The van der Waals surface area contributed by atoms with E-state index in [-0.39, 0.29) is 5.56 Å².